The monoisotopic (exact) mass is 414 g/mol. The molecular formula is C21H22N2O3S2. The number of rotatable bonds is 4. The van der Waals surface area contributed by atoms with Gasteiger partial charge < -0.3 is 0 Å². The molecule has 7 heteroatoms. The standard InChI is InChI=1S/C21H22N2O3S2/c1-21(2,3)16-9-5-14(6-10-16)18-13-27-20(22-18)23-19(24)15-7-11-17(12-8-15)28(4,25)26/h5-13H,1-4H3,(H,22,23,24). The van der Waals surface area contributed by atoms with Gasteiger partial charge in [0.25, 0.3) is 5.91 Å². The molecule has 0 saturated heterocycles. The minimum Gasteiger partial charge on any atom is -0.298 e. The van der Waals surface area contributed by atoms with Crippen LogP contribution in [0, 0.1) is 0 Å². The van der Waals surface area contributed by atoms with Gasteiger partial charge in [-0.3, -0.25) is 10.1 Å². The molecule has 0 aliphatic rings. The number of amides is 1. The average Bonchev–Trinajstić information content (AvgIpc) is 3.09. The summed E-state index contributed by atoms with van der Waals surface area (Å²) in [6.07, 6.45) is 1.13. The predicted octanol–water partition coefficient (Wildman–Crippen LogP) is 4.76. The third kappa shape index (κ3) is 4.66. The molecule has 0 spiro atoms. The van der Waals surface area contributed by atoms with Crippen molar-refractivity contribution in [2.75, 3.05) is 11.6 Å². The first-order chi connectivity index (χ1) is 13.0. The summed E-state index contributed by atoms with van der Waals surface area (Å²) in [5.74, 6) is -0.330. The lowest BCUT2D eigenvalue weighted by Gasteiger charge is -2.18. The molecule has 0 atom stereocenters. The average molecular weight is 415 g/mol. The number of sulfone groups is 1. The zero-order chi connectivity index (χ0) is 20.5. The van der Waals surface area contributed by atoms with Crippen LogP contribution in [0.4, 0.5) is 5.13 Å². The van der Waals surface area contributed by atoms with E-state index in [9.17, 15) is 13.2 Å². The van der Waals surface area contributed by atoms with E-state index < -0.39 is 9.84 Å². The van der Waals surface area contributed by atoms with E-state index in [0.717, 1.165) is 17.5 Å². The number of hydrogen-bond acceptors (Lipinski definition) is 5. The van der Waals surface area contributed by atoms with Crippen LogP contribution in [0.1, 0.15) is 36.7 Å². The van der Waals surface area contributed by atoms with Crippen molar-refractivity contribution in [3.63, 3.8) is 0 Å². The molecule has 5 nitrogen and oxygen atoms in total. The van der Waals surface area contributed by atoms with Crippen LogP contribution in [0.15, 0.2) is 58.8 Å². The van der Waals surface area contributed by atoms with Crippen molar-refractivity contribution in [1.29, 1.82) is 0 Å². The number of nitrogens with zero attached hydrogens (tertiary/aromatic N) is 1. The molecule has 0 fully saturated rings. The van der Waals surface area contributed by atoms with Gasteiger partial charge in [0.05, 0.1) is 10.6 Å². The van der Waals surface area contributed by atoms with Gasteiger partial charge in [0.1, 0.15) is 0 Å². The van der Waals surface area contributed by atoms with Crippen molar-refractivity contribution in [2.45, 2.75) is 31.1 Å². The van der Waals surface area contributed by atoms with Gasteiger partial charge >= 0.3 is 0 Å². The maximum atomic E-state index is 12.4. The van der Waals surface area contributed by atoms with Gasteiger partial charge in [0, 0.05) is 22.8 Å². The molecule has 146 valence electrons. The Bertz CT molecular complexity index is 1090. The van der Waals surface area contributed by atoms with Gasteiger partial charge in [-0.05, 0) is 35.2 Å². The van der Waals surface area contributed by atoms with Crippen LogP contribution in [0.25, 0.3) is 11.3 Å². The number of thiazole rings is 1. The molecule has 1 N–H and O–H groups in total. The van der Waals surface area contributed by atoms with Crippen LogP contribution < -0.4 is 5.32 Å². The van der Waals surface area contributed by atoms with E-state index in [1.54, 1.807) is 0 Å². The number of nitrogens with one attached hydrogen (secondary N) is 1. The molecule has 2 aromatic carbocycles. The van der Waals surface area contributed by atoms with Gasteiger partial charge in [-0.2, -0.15) is 0 Å². The van der Waals surface area contributed by atoms with Crippen LogP contribution in [-0.4, -0.2) is 25.6 Å². The lowest BCUT2D eigenvalue weighted by Crippen LogP contribution is -2.12. The highest BCUT2D eigenvalue weighted by molar-refractivity contribution is 7.90. The Morgan fingerprint density at radius 3 is 2.14 bits per heavy atom. The van der Waals surface area contributed by atoms with Gasteiger partial charge in [0.2, 0.25) is 0 Å². The Balaban J connectivity index is 1.73. The highest BCUT2D eigenvalue weighted by Gasteiger charge is 2.15. The smallest absolute Gasteiger partial charge is 0.257 e. The van der Waals surface area contributed by atoms with Crippen molar-refractivity contribution in [1.82, 2.24) is 4.98 Å². The van der Waals surface area contributed by atoms with E-state index in [0.29, 0.717) is 10.7 Å². The van der Waals surface area contributed by atoms with E-state index in [1.807, 2.05) is 17.5 Å². The molecule has 0 saturated carbocycles. The second-order valence-corrected chi connectivity index (χ2v) is 10.5. The number of aromatic nitrogens is 1. The zero-order valence-corrected chi connectivity index (χ0v) is 17.8. The van der Waals surface area contributed by atoms with E-state index in [1.165, 1.54) is 41.2 Å². The second kappa shape index (κ2) is 7.48. The van der Waals surface area contributed by atoms with Crippen LogP contribution in [-0.2, 0) is 15.3 Å². The summed E-state index contributed by atoms with van der Waals surface area (Å²) >= 11 is 1.35. The molecule has 0 bridgehead atoms. The first-order valence-electron chi connectivity index (χ1n) is 8.72. The summed E-state index contributed by atoms with van der Waals surface area (Å²) in [5, 5.41) is 5.15. The van der Waals surface area contributed by atoms with Crippen LogP contribution in [0.3, 0.4) is 0 Å². The molecular weight excluding hydrogens is 392 g/mol. The zero-order valence-electron chi connectivity index (χ0n) is 16.2. The topological polar surface area (TPSA) is 76.1 Å². The van der Waals surface area contributed by atoms with Crippen LogP contribution >= 0.6 is 11.3 Å². The second-order valence-electron chi connectivity index (χ2n) is 7.62. The van der Waals surface area contributed by atoms with E-state index in [4.69, 9.17) is 0 Å². The third-order valence-electron chi connectivity index (χ3n) is 4.32. The molecule has 0 aliphatic carbocycles. The minimum absolute atomic E-state index is 0.0897. The van der Waals surface area contributed by atoms with E-state index in [-0.39, 0.29) is 16.2 Å². The summed E-state index contributed by atoms with van der Waals surface area (Å²) < 4.78 is 23.0. The molecule has 1 aromatic heterocycles. The highest BCUT2D eigenvalue weighted by Crippen LogP contribution is 2.28. The van der Waals surface area contributed by atoms with Crippen molar-refractivity contribution in [3.8, 4) is 11.3 Å². The third-order valence-corrected chi connectivity index (χ3v) is 6.20. The highest BCUT2D eigenvalue weighted by atomic mass is 32.2. The lowest BCUT2D eigenvalue weighted by atomic mass is 9.86. The Hall–Kier alpha value is -2.51. The first kappa shape index (κ1) is 20.2. The molecule has 3 aromatic rings. The number of carbonyl (C=O) groups excluding carboxylic acids is 1. The molecule has 0 radical (unpaired) electrons. The number of hydrogen-bond donors (Lipinski definition) is 1. The number of carbonyl (C=O) groups is 1. The van der Waals surface area contributed by atoms with Crippen molar-refractivity contribution >= 4 is 32.2 Å². The quantitative estimate of drug-likeness (QED) is 0.668. The van der Waals surface area contributed by atoms with Crippen LogP contribution in [0.5, 0.6) is 0 Å². The molecule has 28 heavy (non-hydrogen) atoms. The predicted molar refractivity (Wildman–Crippen MR) is 114 cm³/mol. The van der Waals surface area contributed by atoms with Gasteiger partial charge in [0.15, 0.2) is 15.0 Å². The maximum Gasteiger partial charge on any atom is 0.257 e. The fraction of sp³-hybridized carbons (Fsp3) is 0.238. The first-order valence-corrected chi connectivity index (χ1v) is 11.5. The Morgan fingerprint density at radius 1 is 1.00 bits per heavy atom. The summed E-state index contributed by atoms with van der Waals surface area (Å²) in [4.78, 5) is 17.0. The van der Waals surface area contributed by atoms with Gasteiger partial charge in [-0.1, -0.05) is 45.0 Å². The molecule has 3 rings (SSSR count). The summed E-state index contributed by atoms with van der Waals surface area (Å²) in [7, 11) is -3.29. The lowest BCUT2D eigenvalue weighted by molar-refractivity contribution is 0.102. The fourth-order valence-corrected chi connectivity index (χ4v) is 3.97. The Kier molecular flexibility index (Phi) is 5.41. The maximum absolute atomic E-state index is 12.4. The van der Waals surface area contributed by atoms with E-state index in [2.05, 4.69) is 43.2 Å². The fourth-order valence-electron chi connectivity index (χ4n) is 2.63. The SMILES string of the molecule is CC(C)(C)c1ccc(-c2csc(NC(=O)c3ccc(S(C)(=O)=O)cc3)n2)cc1. The Morgan fingerprint density at radius 2 is 1.61 bits per heavy atom. The number of benzene rings is 2. The van der Waals surface area contributed by atoms with Gasteiger partial charge in [-0.15, -0.1) is 11.3 Å². The summed E-state index contributed by atoms with van der Waals surface area (Å²) in [6, 6.07) is 14.1. The van der Waals surface area contributed by atoms with Gasteiger partial charge in [-0.25, -0.2) is 13.4 Å². The molecule has 0 aliphatic heterocycles. The number of anilines is 1. The largest absolute Gasteiger partial charge is 0.298 e. The molecule has 1 heterocycles. The Labute approximate surface area is 169 Å². The summed E-state index contributed by atoms with van der Waals surface area (Å²) in [6.45, 7) is 6.50. The molecule has 0 unspecified atom stereocenters. The summed E-state index contributed by atoms with van der Waals surface area (Å²) in [5.41, 5.74) is 3.50. The van der Waals surface area contributed by atoms with E-state index >= 15 is 0 Å². The van der Waals surface area contributed by atoms with Crippen molar-refractivity contribution < 1.29 is 13.2 Å². The van der Waals surface area contributed by atoms with Crippen molar-refractivity contribution in [2.24, 2.45) is 0 Å². The molecule has 1 amide bonds. The minimum atomic E-state index is -3.29. The van der Waals surface area contributed by atoms with Crippen molar-refractivity contribution in [3.05, 3.63) is 65.0 Å². The van der Waals surface area contributed by atoms with Crippen LogP contribution in [0.2, 0.25) is 0 Å². The normalized spacial score (nSPS) is 12.0.